The minimum atomic E-state index is 0. The quantitative estimate of drug-likeness (QED) is 0.791. The molecule has 0 heterocycles. The Kier molecular flexibility index (Phi) is 7.88. The summed E-state index contributed by atoms with van der Waals surface area (Å²) in [6.45, 7) is 2.78. The molecule has 2 N–H and O–H groups in total. The van der Waals surface area contributed by atoms with Gasteiger partial charge in [0.2, 0.25) is 0 Å². The van der Waals surface area contributed by atoms with Crippen LogP contribution in [-0.4, -0.2) is 0 Å². The third-order valence-electron chi connectivity index (χ3n) is 3.40. The molecule has 3 heteroatoms. The number of rotatable bonds is 7. The summed E-state index contributed by atoms with van der Waals surface area (Å²) in [5, 5.41) is 0. The van der Waals surface area contributed by atoms with E-state index in [4.69, 9.17) is 10.5 Å². The molecule has 2 aromatic rings. The van der Waals surface area contributed by atoms with Crippen LogP contribution in [0, 0.1) is 0 Å². The molecule has 0 amide bonds. The molecule has 0 aromatic heterocycles. The number of hydrogen-bond donors (Lipinski definition) is 1. The largest absolute Gasteiger partial charge is 0.489 e. The van der Waals surface area contributed by atoms with Gasteiger partial charge in [0.15, 0.2) is 0 Å². The first-order valence-electron chi connectivity index (χ1n) is 7.32. The van der Waals surface area contributed by atoms with Crippen molar-refractivity contribution in [2.24, 2.45) is 5.73 Å². The minimum Gasteiger partial charge on any atom is -0.489 e. The third kappa shape index (κ3) is 5.78. The zero-order chi connectivity index (χ0) is 14.2. The van der Waals surface area contributed by atoms with Crippen molar-refractivity contribution in [2.75, 3.05) is 0 Å². The van der Waals surface area contributed by atoms with Crippen LogP contribution < -0.4 is 10.5 Å². The zero-order valence-electron chi connectivity index (χ0n) is 12.5. The van der Waals surface area contributed by atoms with Crippen LogP contribution in [0.4, 0.5) is 0 Å². The number of nitrogens with two attached hydrogens (primary N) is 1. The molecule has 2 nitrogen and oxygen atoms in total. The van der Waals surface area contributed by atoms with Crippen LogP contribution in [0.3, 0.4) is 0 Å². The van der Waals surface area contributed by atoms with Gasteiger partial charge < -0.3 is 10.5 Å². The Hall–Kier alpha value is -1.51. The fourth-order valence-corrected chi connectivity index (χ4v) is 2.17. The minimum absolute atomic E-state index is 0. The first-order chi connectivity index (χ1) is 9.79. The second kappa shape index (κ2) is 9.43. The van der Waals surface area contributed by atoms with E-state index in [-0.39, 0.29) is 18.4 Å². The molecule has 2 aromatic carbocycles. The summed E-state index contributed by atoms with van der Waals surface area (Å²) in [5.41, 5.74) is 8.53. The average molecular weight is 306 g/mol. The standard InChI is InChI=1S/C18H23NO.ClH/c1-2-3-12-18(19)16-10-7-11-17(13-16)20-14-15-8-5-4-6-9-15;/h4-11,13,18H,2-3,12,14,19H2,1H3;1H/t18-;/m0./s1. The van der Waals surface area contributed by atoms with Crippen LogP contribution in [0.15, 0.2) is 54.6 Å². The molecule has 2 rings (SSSR count). The van der Waals surface area contributed by atoms with Crippen LogP contribution in [0.25, 0.3) is 0 Å². The van der Waals surface area contributed by atoms with E-state index in [9.17, 15) is 0 Å². The van der Waals surface area contributed by atoms with E-state index >= 15 is 0 Å². The molecule has 0 radical (unpaired) electrons. The van der Waals surface area contributed by atoms with Gasteiger partial charge in [0.25, 0.3) is 0 Å². The maximum Gasteiger partial charge on any atom is 0.120 e. The van der Waals surface area contributed by atoms with Gasteiger partial charge in [-0.25, -0.2) is 0 Å². The highest BCUT2D eigenvalue weighted by Gasteiger charge is 2.06. The van der Waals surface area contributed by atoms with Crippen molar-refractivity contribution < 1.29 is 4.74 Å². The van der Waals surface area contributed by atoms with Gasteiger partial charge in [0, 0.05) is 6.04 Å². The lowest BCUT2D eigenvalue weighted by Gasteiger charge is -2.13. The van der Waals surface area contributed by atoms with Crippen LogP contribution in [0.1, 0.15) is 43.4 Å². The average Bonchev–Trinajstić information content (AvgIpc) is 2.52. The summed E-state index contributed by atoms with van der Waals surface area (Å²) >= 11 is 0. The third-order valence-corrected chi connectivity index (χ3v) is 3.40. The Morgan fingerprint density at radius 1 is 1.05 bits per heavy atom. The topological polar surface area (TPSA) is 35.2 Å². The predicted molar refractivity (Wildman–Crippen MR) is 90.9 cm³/mol. The fraction of sp³-hybridized carbons (Fsp3) is 0.333. The molecule has 1 atom stereocenters. The van der Waals surface area contributed by atoms with Crippen molar-refractivity contribution in [3.05, 3.63) is 65.7 Å². The van der Waals surface area contributed by atoms with Gasteiger partial charge in [-0.05, 0) is 29.7 Å². The Morgan fingerprint density at radius 2 is 1.81 bits per heavy atom. The molecule has 0 saturated heterocycles. The van der Waals surface area contributed by atoms with Gasteiger partial charge in [-0.2, -0.15) is 0 Å². The Balaban J connectivity index is 0.00000220. The summed E-state index contributed by atoms with van der Waals surface area (Å²) < 4.78 is 5.83. The molecule has 0 spiro atoms. The van der Waals surface area contributed by atoms with Crippen LogP contribution in [0.5, 0.6) is 5.75 Å². The summed E-state index contributed by atoms with van der Waals surface area (Å²) in [6.07, 6.45) is 3.37. The predicted octanol–water partition coefficient (Wildman–Crippen LogP) is 4.88. The summed E-state index contributed by atoms with van der Waals surface area (Å²) in [6, 6.07) is 18.4. The molecule has 0 saturated carbocycles. The van der Waals surface area contributed by atoms with Crippen LogP contribution in [-0.2, 0) is 6.61 Å². The van der Waals surface area contributed by atoms with Crippen molar-refractivity contribution in [3.8, 4) is 5.75 Å². The molecule has 21 heavy (non-hydrogen) atoms. The number of hydrogen-bond acceptors (Lipinski definition) is 2. The van der Waals surface area contributed by atoms with Crippen LogP contribution in [0.2, 0.25) is 0 Å². The van der Waals surface area contributed by atoms with E-state index in [2.05, 4.69) is 31.2 Å². The van der Waals surface area contributed by atoms with E-state index in [0.29, 0.717) is 6.61 Å². The zero-order valence-corrected chi connectivity index (χ0v) is 13.3. The maximum atomic E-state index is 6.20. The molecule has 0 aliphatic rings. The van der Waals surface area contributed by atoms with Crippen molar-refractivity contribution in [3.63, 3.8) is 0 Å². The number of halogens is 1. The lowest BCUT2D eigenvalue weighted by Crippen LogP contribution is -2.10. The Labute approximate surface area is 133 Å². The van der Waals surface area contributed by atoms with Gasteiger partial charge in [0.1, 0.15) is 12.4 Å². The molecule has 0 unspecified atom stereocenters. The van der Waals surface area contributed by atoms with Crippen molar-refractivity contribution in [2.45, 2.75) is 38.8 Å². The molecule has 114 valence electrons. The highest BCUT2D eigenvalue weighted by atomic mass is 35.5. The maximum absolute atomic E-state index is 6.20. The monoisotopic (exact) mass is 305 g/mol. The molecule has 0 aliphatic carbocycles. The highest BCUT2D eigenvalue weighted by Crippen LogP contribution is 2.22. The van der Waals surface area contributed by atoms with Crippen molar-refractivity contribution in [1.82, 2.24) is 0 Å². The van der Waals surface area contributed by atoms with E-state index < -0.39 is 0 Å². The van der Waals surface area contributed by atoms with Gasteiger partial charge in [-0.1, -0.05) is 62.2 Å². The van der Waals surface area contributed by atoms with Gasteiger partial charge in [-0.3, -0.25) is 0 Å². The fourth-order valence-electron chi connectivity index (χ4n) is 2.17. The van der Waals surface area contributed by atoms with E-state index in [1.807, 2.05) is 30.3 Å². The summed E-state index contributed by atoms with van der Waals surface area (Å²) in [7, 11) is 0. The Bertz CT molecular complexity index is 516. The van der Waals surface area contributed by atoms with E-state index in [0.717, 1.165) is 24.2 Å². The van der Waals surface area contributed by atoms with Gasteiger partial charge >= 0.3 is 0 Å². The summed E-state index contributed by atoms with van der Waals surface area (Å²) in [5.74, 6) is 0.887. The lowest BCUT2D eigenvalue weighted by molar-refractivity contribution is 0.305. The van der Waals surface area contributed by atoms with Gasteiger partial charge in [0.05, 0.1) is 0 Å². The lowest BCUT2D eigenvalue weighted by atomic mass is 10.0. The van der Waals surface area contributed by atoms with Crippen molar-refractivity contribution in [1.29, 1.82) is 0 Å². The highest BCUT2D eigenvalue weighted by molar-refractivity contribution is 5.85. The van der Waals surface area contributed by atoms with Crippen molar-refractivity contribution >= 4 is 12.4 Å². The molecule has 0 bridgehead atoms. The second-order valence-electron chi connectivity index (χ2n) is 5.10. The molecular formula is C18H24ClNO. The smallest absolute Gasteiger partial charge is 0.120 e. The molecule has 0 fully saturated rings. The molecule has 0 aliphatic heterocycles. The number of unbranched alkanes of at least 4 members (excludes halogenated alkanes) is 1. The first kappa shape index (κ1) is 17.5. The number of ether oxygens (including phenoxy) is 1. The normalized spacial score (nSPS) is 11.5. The van der Waals surface area contributed by atoms with Gasteiger partial charge in [-0.15, -0.1) is 12.4 Å². The summed E-state index contributed by atoms with van der Waals surface area (Å²) in [4.78, 5) is 0. The number of benzene rings is 2. The molecular weight excluding hydrogens is 282 g/mol. The Morgan fingerprint density at radius 3 is 2.52 bits per heavy atom. The van der Waals surface area contributed by atoms with E-state index in [1.165, 1.54) is 12.0 Å². The van der Waals surface area contributed by atoms with E-state index in [1.54, 1.807) is 0 Å². The second-order valence-corrected chi connectivity index (χ2v) is 5.10. The van der Waals surface area contributed by atoms with Crippen LogP contribution >= 0.6 is 12.4 Å². The SMILES string of the molecule is CCCC[C@H](N)c1cccc(OCc2ccccc2)c1.Cl. The first-order valence-corrected chi connectivity index (χ1v) is 7.32.